The number of hydrogen-bond donors (Lipinski definition) is 1. The van der Waals surface area contributed by atoms with Gasteiger partial charge in [-0.1, -0.05) is 6.58 Å². The predicted molar refractivity (Wildman–Crippen MR) is 46.8 cm³/mol. The number of hydrogen-bond acceptors (Lipinski definition) is 4. The molecule has 1 N–H and O–H groups in total. The first kappa shape index (κ1) is 12.1. The minimum atomic E-state index is -4.10. The largest absolute Gasteiger partial charge is 0.458 e. The Morgan fingerprint density at radius 3 is 2.38 bits per heavy atom. The average molecular weight is 208 g/mol. The van der Waals surface area contributed by atoms with Crippen LogP contribution < -0.4 is 0 Å². The van der Waals surface area contributed by atoms with E-state index >= 15 is 0 Å². The van der Waals surface area contributed by atoms with Crippen LogP contribution in [0.1, 0.15) is 13.8 Å². The summed E-state index contributed by atoms with van der Waals surface area (Å²) in [6.07, 6.45) is -0.876. The SMILES string of the molecule is C=C(C)C(=O)OC(C)CS(=O)(=O)O. The Kier molecular flexibility index (Phi) is 4.09. The van der Waals surface area contributed by atoms with Crippen LogP contribution in [-0.4, -0.2) is 30.8 Å². The third kappa shape index (κ3) is 6.30. The van der Waals surface area contributed by atoms with Crippen LogP contribution in [0.2, 0.25) is 0 Å². The van der Waals surface area contributed by atoms with Crippen LogP contribution in [-0.2, 0) is 19.6 Å². The van der Waals surface area contributed by atoms with Gasteiger partial charge in [0.2, 0.25) is 0 Å². The second kappa shape index (κ2) is 4.38. The maximum atomic E-state index is 10.8. The molecule has 0 aromatic carbocycles. The summed E-state index contributed by atoms with van der Waals surface area (Å²) < 4.78 is 33.7. The molecule has 0 aromatic heterocycles. The molecule has 0 radical (unpaired) electrons. The molecule has 0 saturated carbocycles. The van der Waals surface area contributed by atoms with Crippen LogP contribution in [0.5, 0.6) is 0 Å². The number of ether oxygens (including phenoxy) is 1. The molecular weight excluding hydrogens is 196 g/mol. The molecule has 0 amide bonds. The lowest BCUT2D eigenvalue weighted by molar-refractivity contribution is -0.142. The van der Waals surface area contributed by atoms with Gasteiger partial charge in [-0.2, -0.15) is 8.42 Å². The predicted octanol–water partition coefficient (Wildman–Crippen LogP) is 0.382. The highest BCUT2D eigenvalue weighted by molar-refractivity contribution is 7.85. The highest BCUT2D eigenvalue weighted by atomic mass is 32.2. The van der Waals surface area contributed by atoms with Crippen molar-refractivity contribution < 1.29 is 22.5 Å². The van der Waals surface area contributed by atoms with E-state index < -0.39 is 27.9 Å². The van der Waals surface area contributed by atoms with Gasteiger partial charge >= 0.3 is 5.97 Å². The summed E-state index contributed by atoms with van der Waals surface area (Å²) in [6, 6.07) is 0. The summed E-state index contributed by atoms with van der Waals surface area (Å²) in [5.41, 5.74) is 0.183. The van der Waals surface area contributed by atoms with Crippen molar-refractivity contribution in [2.24, 2.45) is 0 Å². The molecule has 0 bridgehead atoms. The topological polar surface area (TPSA) is 80.7 Å². The van der Waals surface area contributed by atoms with Gasteiger partial charge in [-0.15, -0.1) is 0 Å². The monoisotopic (exact) mass is 208 g/mol. The lowest BCUT2D eigenvalue weighted by Gasteiger charge is -2.10. The van der Waals surface area contributed by atoms with Crippen LogP contribution in [0.25, 0.3) is 0 Å². The maximum absolute atomic E-state index is 10.8. The Labute approximate surface area is 77.1 Å². The molecule has 0 rings (SSSR count). The zero-order valence-corrected chi connectivity index (χ0v) is 8.30. The third-order valence-electron chi connectivity index (χ3n) is 1.10. The molecule has 0 aromatic rings. The van der Waals surface area contributed by atoms with Gasteiger partial charge in [0, 0.05) is 5.57 Å². The van der Waals surface area contributed by atoms with Gasteiger partial charge in [0.1, 0.15) is 11.9 Å². The fourth-order valence-corrected chi connectivity index (χ4v) is 1.28. The van der Waals surface area contributed by atoms with Crippen LogP contribution in [0.15, 0.2) is 12.2 Å². The quantitative estimate of drug-likeness (QED) is 0.410. The maximum Gasteiger partial charge on any atom is 0.333 e. The zero-order valence-electron chi connectivity index (χ0n) is 7.48. The fourth-order valence-electron chi connectivity index (χ4n) is 0.614. The van der Waals surface area contributed by atoms with Crippen LogP contribution in [0.4, 0.5) is 0 Å². The minimum absolute atomic E-state index is 0.183. The molecule has 0 aliphatic carbocycles. The van der Waals surface area contributed by atoms with Crippen LogP contribution >= 0.6 is 0 Å². The van der Waals surface area contributed by atoms with Crippen LogP contribution in [0, 0.1) is 0 Å². The van der Waals surface area contributed by atoms with E-state index in [1.807, 2.05) is 0 Å². The van der Waals surface area contributed by atoms with Gasteiger partial charge in [0.05, 0.1) is 0 Å². The molecule has 0 spiro atoms. The Morgan fingerprint density at radius 2 is 2.08 bits per heavy atom. The Balaban J connectivity index is 4.10. The lowest BCUT2D eigenvalue weighted by Crippen LogP contribution is -2.23. The highest BCUT2D eigenvalue weighted by Crippen LogP contribution is 2.00. The number of rotatable bonds is 4. The van der Waals surface area contributed by atoms with E-state index in [9.17, 15) is 13.2 Å². The first-order valence-corrected chi connectivity index (χ1v) is 5.15. The average Bonchev–Trinajstić information content (AvgIpc) is 1.81. The molecule has 0 aliphatic heterocycles. The summed E-state index contributed by atoms with van der Waals surface area (Å²) in [7, 11) is -4.10. The Bertz CT molecular complexity index is 303. The molecule has 1 unspecified atom stereocenters. The molecule has 5 nitrogen and oxygen atoms in total. The van der Waals surface area contributed by atoms with Gasteiger partial charge in [-0.25, -0.2) is 4.79 Å². The number of carbonyl (C=O) groups excluding carboxylic acids is 1. The molecule has 0 fully saturated rings. The van der Waals surface area contributed by atoms with Gasteiger partial charge in [0.25, 0.3) is 10.1 Å². The van der Waals surface area contributed by atoms with E-state index in [0.29, 0.717) is 0 Å². The standard InChI is InChI=1S/C7H12O5S/c1-5(2)7(8)12-6(3)4-13(9,10)11/h6H,1,4H2,2-3H3,(H,9,10,11). The van der Waals surface area contributed by atoms with Gasteiger partial charge in [-0.3, -0.25) is 4.55 Å². The second-order valence-corrected chi connectivity index (χ2v) is 4.24. The van der Waals surface area contributed by atoms with Crippen molar-refractivity contribution >= 4 is 16.1 Å². The molecule has 0 saturated heterocycles. The molecule has 6 heteroatoms. The summed E-state index contributed by atoms with van der Waals surface area (Å²) in [4.78, 5) is 10.8. The summed E-state index contributed by atoms with van der Waals surface area (Å²) >= 11 is 0. The number of carbonyl (C=O) groups is 1. The van der Waals surface area contributed by atoms with Crippen molar-refractivity contribution in [1.29, 1.82) is 0 Å². The van der Waals surface area contributed by atoms with E-state index in [4.69, 9.17) is 4.55 Å². The first-order chi connectivity index (χ1) is 5.72. The molecule has 76 valence electrons. The molecular formula is C7H12O5S. The highest BCUT2D eigenvalue weighted by Gasteiger charge is 2.16. The summed E-state index contributed by atoms with van der Waals surface area (Å²) in [5.74, 6) is -1.28. The third-order valence-corrected chi connectivity index (χ3v) is 1.99. The van der Waals surface area contributed by atoms with Crippen molar-refractivity contribution in [2.75, 3.05) is 5.75 Å². The van der Waals surface area contributed by atoms with E-state index in [1.165, 1.54) is 13.8 Å². The van der Waals surface area contributed by atoms with Crippen molar-refractivity contribution in [3.8, 4) is 0 Å². The Hall–Kier alpha value is -0.880. The van der Waals surface area contributed by atoms with Crippen molar-refractivity contribution in [1.82, 2.24) is 0 Å². The van der Waals surface area contributed by atoms with Gasteiger partial charge < -0.3 is 4.74 Å². The minimum Gasteiger partial charge on any atom is -0.458 e. The zero-order chi connectivity index (χ0) is 10.6. The van der Waals surface area contributed by atoms with Crippen molar-refractivity contribution in [3.63, 3.8) is 0 Å². The van der Waals surface area contributed by atoms with Gasteiger partial charge in [0.15, 0.2) is 0 Å². The molecule has 13 heavy (non-hydrogen) atoms. The molecule has 0 aliphatic rings. The van der Waals surface area contributed by atoms with E-state index in [-0.39, 0.29) is 5.57 Å². The molecule has 1 atom stereocenters. The fraction of sp³-hybridized carbons (Fsp3) is 0.571. The summed E-state index contributed by atoms with van der Waals surface area (Å²) in [5, 5.41) is 0. The number of esters is 1. The molecule has 0 heterocycles. The van der Waals surface area contributed by atoms with Gasteiger partial charge in [-0.05, 0) is 13.8 Å². The van der Waals surface area contributed by atoms with Crippen molar-refractivity contribution in [3.05, 3.63) is 12.2 Å². The van der Waals surface area contributed by atoms with E-state index in [2.05, 4.69) is 11.3 Å². The summed E-state index contributed by atoms with van der Waals surface area (Å²) in [6.45, 7) is 6.13. The van der Waals surface area contributed by atoms with Crippen molar-refractivity contribution in [2.45, 2.75) is 20.0 Å². The normalized spacial score (nSPS) is 13.5. The van der Waals surface area contributed by atoms with Crippen LogP contribution in [0.3, 0.4) is 0 Å². The van der Waals surface area contributed by atoms with E-state index in [1.54, 1.807) is 0 Å². The Morgan fingerprint density at radius 1 is 1.62 bits per heavy atom. The lowest BCUT2D eigenvalue weighted by atomic mass is 10.3. The van der Waals surface area contributed by atoms with E-state index in [0.717, 1.165) is 0 Å². The second-order valence-electron chi connectivity index (χ2n) is 2.74. The first-order valence-electron chi connectivity index (χ1n) is 3.54. The smallest absolute Gasteiger partial charge is 0.333 e.